The van der Waals surface area contributed by atoms with E-state index in [0.29, 0.717) is 0 Å². The van der Waals surface area contributed by atoms with Gasteiger partial charge in [-0.05, 0) is 42.2 Å². The van der Waals surface area contributed by atoms with Crippen molar-refractivity contribution in [3.63, 3.8) is 0 Å². The van der Waals surface area contributed by atoms with Crippen LogP contribution in [0.3, 0.4) is 0 Å². The van der Waals surface area contributed by atoms with E-state index in [1.807, 2.05) is 0 Å². The summed E-state index contributed by atoms with van der Waals surface area (Å²) in [4.78, 5) is 0. The van der Waals surface area contributed by atoms with Gasteiger partial charge in [0.1, 0.15) is 5.75 Å². The second-order valence-electron chi connectivity index (χ2n) is 6.13. The van der Waals surface area contributed by atoms with Gasteiger partial charge in [-0.25, -0.2) is 0 Å². The number of hydrogen-bond acceptors (Lipinski definition) is 1. The molecule has 0 saturated carbocycles. The smallest absolute Gasteiger partial charge is 0.119 e. The molecule has 0 atom stereocenters. The first-order valence-corrected chi connectivity index (χ1v) is 8.42. The Kier molecular flexibility index (Phi) is 4.71. The van der Waals surface area contributed by atoms with E-state index in [1.54, 1.807) is 7.11 Å². The van der Waals surface area contributed by atoms with Crippen molar-refractivity contribution in [1.82, 2.24) is 4.57 Å². The third-order valence-electron chi connectivity index (χ3n) is 4.64. The van der Waals surface area contributed by atoms with E-state index in [0.717, 1.165) is 18.6 Å². The third kappa shape index (κ3) is 3.12. The summed E-state index contributed by atoms with van der Waals surface area (Å²) in [6.45, 7) is 2.25. The standard InChI is InChI=1S/C21H25NO/c1-4-5-11-18-19-15-17(23-3)12-13-20(19)22(2)21(18)14-16-9-7-6-8-10-16/h6-10,12-13,15H,4-5,11,14H2,1-3H3. The minimum Gasteiger partial charge on any atom is -0.497 e. The van der Waals surface area contributed by atoms with Crippen molar-refractivity contribution in [2.24, 2.45) is 7.05 Å². The van der Waals surface area contributed by atoms with Gasteiger partial charge in [0.05, 0.1) is 7.11 Å². The molecule has 0 aliphatic carbocycles. The fourth-order valence-corrected chi connectivity index (χ4v) is 3.33. The molecule has 0 spiro atoms. The molecule has 23 heavy (non-hydrogen) atoms. The van der Waals surface area contributed by atoms with Crippen LogP contribution in [0.15, 0.2) is 48.5 Å². The summed E-state index contributed by atoms with van der Waals surface area (Å²) in [5.41, 5.74) is 5.56. The lowest BCUT2D eigenvalue weighted by atomic mass is 10.0. The van der Waals surface area contributed by atoms with E-state index in [-0.39, 0.29) is 0 Å². The predicted molar refractivity (Wildman–Crippen MR) is 97.3 cm³/mol. The average molecular weight is 307 g/mol. The van der Waals surface area contributed by atoms with Gasteiger partial charge in [-0.3, -0.25) is 0 Å². The maximum Gasteiger partial charge on any atom is 0.119 e. The van der Waals surface area contributed by atoms with Crippen molar-refractivity contribution >= 4 is 10.9 Å². The summed E-state index contributed by atoms with van der Waals surface area (Å²) in [5.74, 6) is 0.937. The molecular weight excluding hydrogens is 282 g/mol. The van der Waals surface area contributed by atoms with Crippen molar-refractivity contribution < 1.29 is 4.74 Å². The lowest BCUT2D eigenvalue weighted by molar-refractivity contribution is 0.415. The largest absolute Gasteiger partial charge is 0.497 e. The predicted octanol–water partition coefficient (Wildman–Crippen LogP) is 5.12. The molecule has 0 unspecified atom stereocenters. The fourth-order valence-electron chi connectivity index (χ4n) is 3.33. The molecule has 0 aliphatic rings. The van der Waals surface area contributed by atoms with Crippen LogP contribution in [-0.2, 0) is 19.9 Å². The van der Waals surface area contributed by atoms with Gasteiger partial charge in [-0.1, -0.05) is 43.7 Å². The second-order valence-corrected chi connectivity index (χ2v) is 6.13. The van der Waals surface area contributed by atoms with E-state index in [4.69, 9.17) is 4.74 Å². The van der Waals surface area contributed by atoms with Crippen LogP contribution in [0, 0.1) is 0 Å². The molecule has 2 heteroatoms. The van der Waals surface area contributed by atoms with Crippen LogP contribution in [0.5, 0.6) is 5.75 Å². The Hall–Kier alpha value is -2.22. The summed E-state index contributed by atoms with van der Waals surface area (Å²) in [6.07, 6.45) is 4.54. The van der Waals surface area contributed by atoms with Gasteiger partial charge in [0, 0.05) is 30.1 Å². The second kappa shape index (κ2) is 6.91. The highest BCUT2D eigenvalue weighted by Crippen LogP contribution is 2.31. The van der Waals surface area contributed by atoms with Crippen LogP contribution >= 0.6 is 0 Å². The maximum absolute atomic E-state index is 5.44. The molecule has 1 aromatic heterocycles. The van der Waals surface area contributed by atoms with E-state index >= 15 is 0 Å². The molecule has 0 bridgehead atoms. The topological polar surface area (TPSA) is 14.2 Å². The highest BCUT2D eigenvalue weighted by atomic mass is 16.5. The van der Waals surface area contributed by atoms with Crippen LogP contribution in [0.2, 0.25) is 0 Å². The van der Waals surface area contributed by atoms with Crippen LogP contribution in [0.4, 0.5) is 0 Å². The lowest BCUT2D eigenvalue weighted by Crippen LogP contribution is -2.01. The summed E-state index contributed by atoms with van der Waals surface area (Å²) in [6, 6.07) is 17.2. The van der Waals surface area contributed by atoms with E-state index in [1.165, 1.54) is 40.6 Å². The molecule has 3 rings (SSSR count). The summed E-state index contributed by atoms with van der Waals surface area (Å²) in [7, 11) is 3.92. The number of nitrogens with zero attached hydrogens (tertiary/aromatic N) is 1. The number of aromatic nitrogens is 1. The molecule has 2 nitrogen and oxygen atoms in total. The summed E-state index contributed by atoms with van der Waals surface area (Å²) >= 11 is 0. The average Bonchev–Trinajstić information content (AvgIpc) is 2.85. The third-order valence-corrected chi connectivity index (χ3v) is 4.64. The van der Waals surface area contributed by atoms with E-state index in [9.17, 15) is 0 Å². The zero-order valence-electron chi connectivity index (χ0n) is 14.3. The Bertz CT molecular complexity index is 786. The van der Waals surface area contributed by atoms with Crippen molar-refractivity contribution in [2.75, 3.05) is 7.11 Å². The van der Waals surface area contributed by atoms with Crippen molar-refractivity contribution in [1.29, 1.82) is 0 Å². The molecule has 0 radical (unpaired) electrons. The number of aryl methyl sites for hydroxylation is 2. The van der Waals surface area contributed by atoms with E-state index in [2.05, 4.69) is 67.1 Å². The van der Waals surface area contributed by atoms with Crippen molar-refractivity contribution in [2.45, 2.75) is 32.6 Å². The quantitative estimate of drug-likeness (QED) is 0.616. The highest BCUT2D eigenvalue weighted by molar-refractivity contribution is 5.87. The van der Waals surface area contributed by atoms with Gasteiger partial charge in [-0.15, -0.1) is 0 Å². The Morgan fingerprint density at radius 3 is 2.52 bits per heavy atom. The molecule has 1 heterocycles. The molecule has 0 N–H and O–H groups in total. The first-order valence-electron chi connectivity index (χ1n) is 8.42. The first kappa shape index (κ1) is 15.7. The minimum absolute atomic E-state index is 0.937. The van der Waals surface area contributed by atoms with Crippen LogP contribution < -0.4 is 4.74 Å². The van der Waals surface area contributed by atoms with Gasteiger partial charge in [-0.2, -0.15) is 0 Å². The zero-order chi connectivity index (χ0) is 16.2. The van der Waals surface area contributed by atoms with Crippen LogP contribution in [0.25, 0.3) is 10.9 Å². The molecule has 0 saturated heterocycles. The molecule has 0 fully saturated rings. The van der Waals surface area contributed by atoms with E-state index < -0.39 is 0 Å². The number of ether oxygens (including phenoxy) is 1. The summed E-state index contributed by atoms with van der Waals surface area (Å²) in [5, 5.41) is 1.34. The number of rotatable bonds is 6. The lowest BCUT2D eigenvalue weighted by Gasteiger charge is -2.08. The molecule has 0 amide bonds. The van der Waals surface area contributed by atoms with Crippen LogP contribution in [-0.4, -0.2) is 11.7 Å². The SMILES string of the molecule is CCCCc1c(Cc2ccccc2)n(C)c2ccc(OC)cc12. The fraction of sp³-hybridized carbons (Fsp3) is 0.333. The maximum atomic E-state index is 5.44. The molecular formula is C21H25NO. The Morgan fingerprint density at radius 2 is 1.83 bits per heavy atom. The Balaban J connectivity index is 2.12. The zero-order valence-corrected chi connectivity index (χ0v) is 14.3. The van der Waals surface area contributed by atoms with Gasteiger partial charge >= 0.3 is 0 Å². The highest BCUT2D eigenvalue weighted by Gasteiger charge is 2.15. The van der Waals surface area contributed by atoms with Crippen molar-refractivity contribution in [3.8, 4) is 5.75 Å². The van der Waals surface area contributed by atoms with Gasteiger partial charge in [0.15, 0.2) is 0 Å². The molecule has 2 aromatic carbocycles. The van der Waals surface area contributed by atoms with Gasteiger partial charge in [0.25, 0.3) is 0 Å². The number of methoxy groups -OCH3 is 1. The van der Waals surface area contributed by atoms with Crippen LogP contribution in [0.1, 0.15) is 36.6 Å². The summed E-state index contributed by atoms with van der Waals surface area (Å²) < 4.78 is 7.79. The number of benzene rings is 2. The number of hydrogen-bond donors (Lipinski definition) is 0. The minimum atomic E-state index is 0.937. The molecule has 120 valence electrons. The Labute approximate surface area is 138 Å². The molecule has 0 aliphatic heterocycles. The van der Waals surface area contributed by atoms with Gasteiger partial charge < -0.3 is 9.30 Å². The normalized spacial score (nSPS) is 11.1. The Morgan fingerprint density at radius 1 is 1.04 bits per heavy atom. The van der Waals surface area contributed by atoms with Gasteiger partial charge in [0.2, 0.25) is 0 Å². The first-order chi connectivity index (χ1) is 11.2. The van der Waals surface area contributed by atoms with Crippen molar-refractivity contribution in [3.05, 3.63) is 65.4 Å². The number of fused-ring (bicyclic) bond motifs is 1. The monoisotopic (exact) mass is 307 g/mol. The molecule has 3 aromatic rings. The number of unbranched alkanes of at least 4 members (excludes halogenated alkanes) is 1.